The summed E-state index contributed by atoms with van der Waals surface area (Å²) < 4.78 is 0.960. The Labute approximate surface area is 124 Å². The molecule has 1 aliphatic heterocycles. The van der Waals surface area contributed by atoms with Crippen LogP contribution in [0.3, 0.4) is 0 Å². The van der Waals surface area contributed by atoms with E-state index in [1.165, 1.54) is 0 Å². The number of rotatable bonds is 3. The number of carbonyl (C=O) groups is 2. The molecule has 0 aliphatic carbocycles. The predicted octanol–water partition coefficient (Wildman–Crippen LogP) is 3.18. The van der Waals surface area contributed by atoms with E-state index in [2.05, 4.69) is 15.9 Å². The highest BCUT2D eigenvalue weighted by Crippen LogP contribution is 2.23. The molecule has 0 saturated heterocycles. The quantitative estimate of drug-likeness (QED) is 0.811. The molecule has 0 bridgehead atoms. The largest absolute Gasteiger partial charge is 0.285 e. The van der Waals surface area contributed by atoms with Gasteiger partial charge in [-0.2, -0.15) is 0 Å². The Balaban J connectivity index is 1.75. The lowest BCUT2D eigenvalue weighted by molar-refractivity contribution is -0.101. The maximum absolute atomic E-state index is 12.1. The minimum atomic E-state index is -0.414. The molecule has 2 amide bonds. The normalized spacial score (nSPS) is 13.8. The van der Waals surface area contributed by atoms with Gasteiger partial charge in [0.05, 0.1) is 11.1 Å². The van der Waals surface area contributed by atoms with Crippen molar-refractivity contribution in [2.45, 2.75) is 6.61 Å². The first kappa shape index (κ1) is 13.0. The topological polar surface area (TPSA) is 46.6 Å². The Hall–Kier alpha value is -1.98. The summed E-state index contributed by atoms with van der Waals surface area (Å²) in [5.74, 6) is -0.828. The van der Waals surface area contributed by atoms with Crippen LogP contribution in [-0.2, 0) is 11.4 Å². The van der Waals surface area contributed by atoms with Crippen LogP contribution in [0.15, 0.2) is 53.0 Å². The second-order valence-electron chi connectivity index (χ2n) is 4.35. The molecular formula is C15H10BrNO3. The average Bonchev–Trinajstić information content (AvgIpc) is 2.71. The molecule has 1 heterocycles. The van der Waals surface area contributed by atoms with E-state index in [0.29, 0.717) is 11.1 Å². The van der Waals surface area contributed by atoms with Crippen LogP contribution in [0.4, 0.5) is 0 Å². The molecule has 0 fully saturated rings. The van der Waals surface area contributed by atoms with Crippen LogP contribution in [-0.4, -0.2) is 16.9 Å². The summed E-state index contributed by atoms with van der Waals surface area (Å²) in [5, 5.41) is 0.826. The number of carbonyl (C=O) groups excluding carboxylic acids is 2. The first-order valence-electron chi connectivity index (χ1n) is 6.02. The monoisotopic (exact) mass is 331 g/mol. The van der Waals surface area contributed by atoms with Gasteiger partial charge in [0.25, 0.3) is 11.8 Å². The molecule has 3 rings (SSSR count). The van der Waals surface area contributed by atoms with Crippen molar-refractivity contribution in [3.8, 4) is 0 Å². The standard InChI is InChI=1S/C15H10BrNO3/c16-11-7-5-10(6-8-11)9-20-17-14(18)12-3-1-2-4-13(12)15(17)19/h1-8H,9H2. The lowest BCUT2D eigenvalue weighted by Gasteiger charge is -2.13. The second kappa shape index (κ2) is 5.19. The second-order valence-corrected chi connectivity index (χ2v) is 5.27. The number of hydroxylamine groups is 2. The van der Waals surface area contributed by atoms with Gasteiger partial charge in [-0.05, 0) is 29.8 Å². The average molecular weight is 332 g/mol. The van der Waals surface area contributed by atoms with Crippen LogP contribution >= 0.6 is 15.9 Å². The van der Waals surface area contributed by atoms with Gasteiger partial charge in [0.1, 0.15) is 6.61 Å². The number of hydrogen-bond donors (Lipinski definition) is 0. The molecule has 0 spiro atoms. The van der Waals surface area contributed by atoms with Crippen molar-refractivity contribution in [1.82, 2.24) is 5.06 Å². The van der Waals surface area contributed by atoms with E-state index >= 15 is 0 Å². The van der Waals surface area contributed by atoms with Gasteiger partial charge in [-0.15, -0.1) is 5.06 Å². The van der Waals surface area contributed by atoms with Crippen LogP contribution in [0.2, 0.25) is 0 Å². The van der Waals surface area contributed by atoms with Crippen molar-refractivity contribution in [3.05, 3.63) is 69.7 Å². The van der Waals surface area contributed by atoms with Crippen LogP contribution in [0.25, 0.3) is 0 Å². The van der Waals surface area contributed by atoms with Crippen molar-refractivity contribution in [2.24, 2.45) is 0 Å². The highest BCUT2D eigenvalue weighted by molar-refractivity contribution is 9.10. The molecule has 0 unspecified atom stereocenters. The van der Waals surface area contributed by atoms with Gasteiger partial charge in [0.2, 0.25) is 0 Å². The zero-order chi connectivity index (χ0) is 14.1. The number of imide groups is 1. The smallest absolute Gasteiger partial charge is 0.266 e. The van der Waals surface area contributed by atoms with E-state index in [1.807, 2.05) is 24.3 Å². The van der Waals surface area contributed by atoms with Gasteiger partial charge < -0.3 is 0 Å². The molecule has 20 heavy (non-hydrogen) atoms. The predicted molar refractivity (Wildman–Crippen MR) is 75.9 cm³/mol. The molecule has 0 N–H and O–H groups in total. The summed E-state index contributed by atoms with van der Waals surface area (Å²) in [7, 11) is 0. The van der Waals surface area contributed by atoms with E-state index in [4.69, 9.17) is 4.84 Å². The van der Waals surface area contributed by atoms with Gasteiger partial charge >= 0.3 is 0 Å². The maximum Gasteiger partial charge on any atom is 0.285 e. The molecule has 1 aliphatic rings. The maximum atomic E-state index is 12.1. The number of hydrogen-bond acceptors (Lipinski definition) is 3. The minimum absolute atomic E-state index is 0.165. The van der Waals surface area contributed by atoms with Gasteiger partial charge in [-0.3, -0.25) is 14.4 Å². The fourth-order valence-electron chi connectivity index (χ4n) is 2.00. The molecule has 2 aromatic rings. The van der Waals surface area contributed by atoms with Crippen LogP contribution < -0.4 is 0 Å². The Morgan fingerprint density at radius 3 is 2.00 bits per heavy atom. The molecule has 0 radical (unpaired) electrons. The van der Waals surface area contributed by atoms with Crippen LogP contribution in [0.5, 0.6) is 0 Å². The summed E-state index contributed by atoms with van der Waals surface area (Å²) in [6.45, 7) is 0.165. The molecule has 0 saturated carbocycles. The Morgan fingerprint density at radius 2 is 1.45 bits per heavy atom. The van der Waals surface area contributed by atoms with Crippen molar-refractivity contribution in [1.29, 1.82) is 0 Å². The summed E-state index contributed by atoms with van der Waals surface area (Å²) in [6, 6.07) is 14.2. The zero-order valence-electron chi connectivity index (χ0n) is 10.4. The zero-order valence-corrected chi connectivity index (χ0v) is 12.0. The van der Waals surface area contributed by atoms with Crippen molar-refractivity contribution in [2.75, 3.05) is 0 Å². The fraction of sp³-hybridized carbons (Fsp3) is 0.0667. The van der Waals surface area contributed by atoms with E-state index in [-0.39, 0.29) is 6.61 Å². The molecule has 5 heteroatoms. The third kappa shape index (κ3) is 2.26. The number of fused-ring (bicyclic) bond motifs is 1. The molecule has 0 aromatic heterocycles. The lowest BCUT2D eigenvalue weighted by Crippen LogP contribution is -2.29. The number of nitrogens with zero attached hydrogens (tertiary/aromatic N) is 1. The first-order chi connectivity index (χ1) is 9.66. The third-order valence-corrected chi connectivity index (χ3v) is 3.56. The SMILES string of the molecule is O=C1c2ccccc2C(=O)N1OCc1ccc(Br)cc1. The minimum Gasteiger partial charge on any atom is -0.266 e. The molecular weight excluding hydrogens is 322 g/mol. The van der Waals surface area contributed by atoms with Crippen molar-refractivity contribution >= 4 is 27.7 Å². The van der Waals surface area contributed by atoms with Gasteiger partial charge in [-0.1, -0.05) is 40.2 Å². The van der Waals surface area contributed by atoms with E-state index < -0.39 is 11.8 Å². The Morgan fingerprint density at radius 1 is 0.900 bits per heavy atom. The first-order valence-corrected chi connectivity index (χ1v) is 6.81. The summed E-state index contributed by atoms with van der Waals surface area (Å²) >= 11 is 3.34. The van der Waals surface area contributed by atoms with Crippen molar-refractivity contribution < 1.29 is 14.4 Å². The van der Waals surface area contributed by atoms with Gasteiger partial charge in [-0.25, -0.2) is 0 Å². The number of amides is 2. The Bertz CT molecular complexity index is 647. The van der Waals surface area contributed by atoms with Gasteiger partial charge in [0.15, 0.2) is 0 Å². The van der Waals surface area contributed by atoms with Crippen molar-refractivity contribution in [3.63, 3.8) is 0 Å². The molecule has 0 atom stereocenters. The Kier molecular flexibility index (Phi) is 3.38. The molecule has 100 valence electrons. The van der Waals surface area contributed by atoms with Gasteiger partial charge in [0, 0.05) is 4.47 Å². The summed E-state index contributed by atoms with van der Waals surface area (Å²) in [4.78, 5) is 29.5. The van der Waals surface area contributed by atoms with E-state index in [0.717, 1.165) is 15.1 Å². The van der Waals surface area contributed by atoms with Crippen LogP contribution in [0.1, 0.15) is 26.3 Å². The third-order valence-electron chi connectivity index (χ3n) is 3.03. The van der Waals surface area contributed by atoms with E-state index in [1.54, 1.807) is 24.3 Å². The van der Waals surface area contributed by atoms with E-state index in [9.17, 15) is 9.59 Å². The summed E-state index contributed by atoms with van der Waals surface area (Å²) in [5.41, 5.74) is 1.64. The highest BCUT2D eigenvalue weighted by Gasteiger charge is 2.36. The summed E-state index contributed by atoms with van der Waals surface area (Å²) in [6.07, 6.45) is 0. The fourth-order valence-corrected chi connectivity index (χ4v) is 2.27. The molecule has 4 nitrogen and oxygen atoms in total. The van der Waals surface area contributed by atoms with Crippen LogP contribution in [0, 0.1) is 0 Å². The lowest BCUT2D eigenvalue weighted by atomic mass is 10.1. The number of halogens is 1. The molecule has 2 aromatic carbocycles. The number of benzene rings is 2. The highest BCUT2D eigenvalue weighted by atomic mass is 79.9.